The van der Waals surface area contributed by atoms with Crippen LogP contribution in [0, 0.1) is 13.8 Å². The maximum Gasteiger partial charge on any atom is 0.255 e. The Balaban J connectivity index is 1.52. The fourth-order valence-electron chi connectivity index (χ4n) is 4.44. The van der Waals surface area contributed by atoms with Crippen molar-refractivity contribution in [1.29, 1.82) is 0 Å². The number of carbonyl (C=O) groups is 1. The van der Waals surface area contributed by atoms with Crippen LogP contribution in [-0.2, 0) is 12.8 Å². The molecule has 0 radical (unpaired) electrons. The predicted octanol–water partition coefficient (Wildman–Crippen LogP) is 5.94. The lowest BCUT2D eigenvalue weighted by molar-refractivity contribution is 0.102. The summed E-state index contributed by atoms with van der Waals surface area (Å²) in [7, 11) is 4.19. The Morgan fingerprint density at radius 1 is 1.03 bits per heavy atom. The van der Waals surface area contributed by atoms with Gasteiger partial charge in [-0.2, -0.15) is 5.10 Å². The van der Waals surface area contributed by atoms with Crippen LogP contribution in [0.15, 0.2) is 48.5 Å². The zero-order valence-corrected chi connectivity index (χ0v) is 21.4. The molecule has 2 aromatic heterocycles. The van der Waals surface area contributed by atoms with Gasteiger partial charge in [-0.25, -0.2) is 4.98 Å². The van der Waals surface area contributed by atoms with Crippen LogP contribution in [0.2, 0.25) is 0 Å². The summed E-state index contributed by atoms with van der Waals surface area (Å²) in [4.78, 5) is 20.1. The lowest BCUT2D eigenvalue weighted by Gasteiger charge is -2.12. The average Bonchev–Trinajstić information content (AvgIpc) is 3.25. The number of nitrogens with zero attached hydrogens (tertiary/aromatic N) is 3. The zero-order valence-electron chi connectivity index (χ0n) is 21.4. The molecule has 0 saturated carbocycles. The van der Waals surface area contributed by atoms with E-state index in [2.05, 4.69) is 60.5 Å². The summed E-state index contributed by atoms with van der Waals surface area (Å²) in [5.74, 6) is -0.0960. The Kier molecular flexibility index (Phi) is 7.61. The molecule has 0 unspecified atom stereocenters. The number of aryl methyl sites for hydroxylation is 4. The smallest absolute Gasteiger partial charge is 0.255 e. The van der Waals surface area contributed by atoms with Crippen LogP contribution in [0.5, 0.6) is 0 Å². The van der Waals surface area contributed by atoms with Crippen molar-refractivity contribution in [3.63, 3.8) is 0 Å². The van der Waals surface area contributed by atoms with Crippen LogP contribution in [0.25, 0.3) is 22.3 Å². The van der Waals surface area contributed by atoms with E-state index in [0.29, 0.717) is 11.2 Å². The average molecular weight is 470 g/mol. The summed E-state index contributed by atoms with van der Waals surface area (Å²) in [6.45, 7) is 7.28. The molecule has 0 bridgehead atoms. The molecule has 0 atom stereocenters. The monoisotopic (exact) mass is 469 g/mol. The van der Waals surface area contributed by atoms with E-state index in [1.54, 1.807) is 0 Å². The van der Waals surface area contributed by atoms with Gasteiger partial charge in [-0.15, -0.1) is 0 Å². The molecule has 182 valence electrons. The molecule has 4 rings (SSSR count). The molecule has 0 spiro atoms. The van der Waals surface area contributed by atoms with E-state index < -0.39 is 0 Å². The van der Waals surface area contributed by atoms with Crippen molar-refractivity contribution in [3.05, 3.63) is 76.5 Å². The minimum atomic E-state index is -0.0960. The van der Waals surface area contributed by atoms with Crippen molar-refractivity contribution in [3.8, 4) is 11.3 Å². The van der Waals surface area contributed by atoms with Crippen molar-refractivity contribution in [2.75, 3.05) is 26.0 Å². The highest BCUT2D eigenvalue weighted by atomic mass is 16.1. The Bertz CT molecular complexity index is 1340. The number of amides is 1. The van der Waals surface area contributed by atoms with Crippen LogP contribution < -0.4 is 5.32 Å². The number of hydrogen-bond acceptors (Lipinski definition) is 4. The number of aromatic amines is 1. The first-order chi connectivity index (χ1) is 16.8. The molecule has 2 heterocycles. The fraction of sp³-hybridized carbons (Fsp3) is 0.345. The molecule has 1 amide bonds. The van der Waals surface area contributed by atoms with Gasteiger partial charge in [-0.05, 0) is 108 Å². The Morgan fingerprint density at radius 2 is 1.86 bits per heavy atom. The summed E-state index contributed by atoms with van der Waals surface area (Å²) >= 11 is 0. The van der Waals surface area contributed by atoms with E-state index in [9.17, 15) is 4.79 Å². The molecule has 4 aromatic rings. The van der Waals surface area contributed by atoms with Gasteiger partial charge < -0.3 is 10.2 Å². The largest absolute Gasteiger partial charge is 0.322 e. The second-order valence-electron chi connectivity index (χ2n) is 9.57. The first-order valence-electron chi connectivity index (χ1n) is 12.4. The molecule has 0 fully saturated rings. The van der Waals surface area contributed by atoms with E-state index in [4.69, 9.17) is 4.98 Å². The summed E-state index contributed by atoms with van der Waals surface area (Å²) in [5, 5.41) is 11.6. The van der Waals surface area contributed by atoms with Crippen molar-refractivity contribution in [1.82, 2.24) is 20.1 Å². The van der Waals surface area contributed by atoms with Gasteiger partial charge in [0.1, 0.15) is 0 Å². The van der Waals surface area contributed by atoms with Gasteiger partial charge in [0.05, 0.1) is 5.69 Å². The van der Waals surface area contributed by atoms with Crippen molar-refractivity contribution in [2.24, 2.45) is 0 Å². The van der Waals surface area contributed by atoms with Gasteiger partial charge in [-0.1, -0.05) is 24.6 Å². The molecular formula is C29H35N5O. The third-order valence-electron chi connectivity index (χ3n) is 6.34. The van der Waals surface area contributed by atoms with Crippen LogP contribution in [0.3, 0.4) is 0 Å². The standard InChI is InChI=1S/C29H35N5O/c1-6-26-24-12-13-27(31-28(24)33-32-26)25-18-23(11-10-20(25)3)30-29(35)22-16-19(2)15-21(17-22)9-7-8-14-34(4)5/h10-13,15-18H,6-9,14H2,1-5H3,(H,30,35)(H,31,32,33). The zero-order chi connectivity index (χ0) is 24.9. The van der Waals surface area contributed by atoms with Gasteiger partial charge in [0.25, 0.3) is 5.91 Å². The van der Waals surface area contributed by atoms with Crippen LogP contribution >= 0.6 is 0 Å². The second kappa shape index (κ2) is 10.8. The normalized spacial score (nSPS) is 11.4. The fourth-order valence-corrected chi connectivity index (χ4v) is 4.44. The summed E-state index contributed by atoms with van der Waals surface area (Å²) < 4.78 is 0. The molecule has 6 heteroatoms. The lowest BCUT2D eigenvalue weighted by Crippen LogP contribution is -2.13. The number of unbranched alkanes of at least 4 members (excludes halogenated alkanes) is 1. The molecule has 35 heavy (non-hydrogen) atoms. The Labute approximate surface area is 207 Å². The van der Waals surface area contributed by atoms with Crippen LogP contribution in [-0.4, -0.2) is 46.6 Å². The number of H-pyrrole nitrogens is 1. The highest BCUT2D eigenvalue weighted by Crippen LogP contribution is 2.28. The number of nitrogens with one attached hydrogen (secondary N) is 2. The molecule has 2 N–H and O–H groups in total. The summed E-state index contributed by atoms with van der Waals surface area (Å²) in [5.41, 5.74) is 8.48. The topological polar surface area (TPSA) is 73.9 Å². The van der Waals surface area contributed by atoms with Crippen molar-refractivity contribution >= 4 is 22.6 Å². The van der Waals surface area contributed by atoms with E-state index in [0.717, 1.165) is 71.4 Å². The number of benzene rings is 2. The molecule has 0 aliphatic rings. The van der Waals surface area contributed by atoms with Gasteiger partial charge >= 0.3 is 0 Å². The quantitative estimate of drug-likeness (QED) is 0.298. The minimum Gasteiger partial charge on any atom is -0.322 e. The number of hydrogen-bond donors (Lipinski definition) is 2. The van der Waals surface area contributed by atoms with Gasteiger partial charge in [0.15, 0.2) is 5.65 Å². The van der Waals surface area contributed by atoms with Crippen LogP contribution in [0.4, 0.5) is 5.69 Å². The maximum absolute atomic E-state index is 13.1. The first-order valence-corrected chi connectivity index (χ1v) is 12.4. The minimum absolute atomic E-state index is 0.0960. The molecule has 0 aliphatic heterocycles. The van der Waals surface area contributed by atoms with E-state index >= 15 is 0 Å². The lowest BCUT2D eigenvalue weighted by atomic mass is 10.0. The van der Waals surface area contributed by atoms with Gasteiger partial charge in [0, 0.05) is 27.9 Å². The number of anilines is 1. The third kappa shape index (κ3) is 5.95. The molecule has 2 aromatic carbocycles. The van der Waals surface area contributed by atoms with Crippen LogP contribution in [0.1, 0.15) is 52.5 Å². The maximum atomic E-state index is 13.1. The summed E-state index contributed by atoms with van der Waals surface area (Å²) in [6.07, 6.45) is 4.12. The third-order valence-corrected chi connectivity index (χ3v) is 6.34. The molecular weight excluding hydrogens is 434 g/mol. The molecule has 0 aliphatic carbocycles. The Morgan fingerprint density at radius 3 is 2.63 bits per heavy atom. The Hall–Kier alpha value is -3.51. The number of aromatic nitrogens is 3. The summed E-state index contributed by atoms with van der Waals surface area (Å²) in [6, 6.07) is 16.2. The van der Waals surface area contributed by atoms with E-state index in [-0.39, 0.29) is 5.91 Å². The van der Waals surface area contributed by atoms with E-state index in [1.165, 1.54) is 5.56 Å². The predicted molar refractivity (Wildman–Crippen MR) is 144 cm³/mol. The second-order valence-corrected chi connectivity index (χ2v) is 9.57. The SMILES string of the molecule is CCc1[nH]nc2nc(-c3cc(NC(=O)c4cc(C)cc(CCCCN(C)C)c4)ccc3C)ccc12. The van der Waals surface area contributed by atoms with Crippen molar-refractivity contribution < 1.29 is 4.79 Å². The number of pyridine rings is 1. The number of rotatable bonds is 9. The van der Waals surface area contributed by atoms with E-state index in [1.807, 2.05) is 43.3 Å². The first kappa shape index (κ1) is 24.6. The number of fused-ring (bicyclic) bond motifs is 1. The molecule has 0 saturated heterocycles. The highest BCUT2D eigenvalue weighted by molar-refractivity contribution is 6.04. The van der Waals surface area contributed by atoms with Crippen molar-refractivity contribution in [2.45, 2.75) is 46.5 Å². The highest BCUT2D eigenvalue weighted by Gasteiger charge is 2.13. The number of carbonyl (C=O) groups excluding carboxylic acids is 1. The van der Waals surface area contributed by atoms with Gasteiger partial charge in [-0.3, -0.25) is 9.89 Å². The van der Waals surface area contributed by atoms with Gasteiger partial charge in [0.2, 0.25) is 0 Å². The molecule has 6 nitrogen and oxygen atoms in total.